The van der Waals surface area contributed by atoms with Gasteiger partial charge in [0.05, 0.1) is 0 Å². The van der Waals surface area contributed by atoms with Crippen LogP contribution < -0.4 is 0 Å². The van der Waals surface area contributed by atoms with Gasteiger partial charge in [-0.3, -0.25) is 0 Å². The SMILES string of the molecule is CCCCC1Cc2ccc(C)c(O)c21. The lowest BCUT2D eigenvalue weighted by atomic mass is 9.74. The van der Waals surface area contributed by atoms with E-state index in [2.05, 4.69) is 13.0 Å². The Bertz CT molecular complexity index is 341. The first-order chi connectivity index (χ1) is 6.74. The molecule has 0 amide bonds. The molecule has 0 radical (unpaired) electrons. The van der Waals surface area contributed by atoms with Crippen molar-refractivity contribution >= 4 is 0 Å². The van der Waals surface area contributed by atoms with Crippen LogP contribution in [0.4, 0.5) is 0 Å². The predicted molar refractivity (Wildman–Crippen MR) is 58.8 cm³/mol. The molecule has 0 saturated heterocycles. The van der Waals surface area contributed by atoms with Crippen molar-refractivity contribution in [2.75, 3.05) is 0 Å². The third kappa shape index (κ3) is 1.41. The smallest absolute Gasteiger partial charge is 0.122 e. The van der Waals surface area contributed by atoms with E-state index in [-0.39, 0.29) is 0 Å². The zero-order chi connectivity index (χ0) is 10.1. The Balaban J connectivity index is 2.19. The van der Waals surface area contributed by atoms with Crippen molar-refractivity contribution in [1.29, 1.82) is 0 Å². The summed E-state index contributed by atoms with van der Waals surface area (Å²) >= 11 is 0. The number of phenols is 1. The van der Waals surface area contributed by atoms with Crippen LogP contribution in [0.1, 0.15) is 48.8 Å². The van der Waals surface area contributed by atoms with Crippen molar-refractivity contribution in [2.45, 2.75) is 45.4 Å². The van der Waals surface area contributed by atoms with Crippen molar-refractivity contribution in [1.82, 2.24) is 0 Å². The second-order valence-electron chi connectivity index (χ2n) is 4.35. The average molecular weight is 190 g/mol. The van der Waals surface area contributed by atoms with Crippen LogP contribution in [0.3, 0.4) is 0 Å². The van der Waals surface area contributed by atoms with Gasteiger partial charge in [-0.05, 0) is 36.8 Å². The maximum atomic E-state index is 9.91. The fourth-order valence-corrected chi connectivity index (χ4v) is 2.33. The van der Waals surface area contributed by atoms with Gasteiger partial charge in [0.1, 0.15) is 5.75 Å². The van der Waals surface area contributed by atoms with Gasteiger partial charge in [0.2, 0.25) is 0 Å². The molecule has 1 unspecified atom stereocenters. The van der Waals surface area contributed by atoms with Crippen molar-refractivity contribution in [3.8, 4) is 5.75 Å². The normalized spacial score (nSPS) is 18.9. The first-order valence-corrected chi connectivity index (χ1v) is 5.55. The third-order valence-electron chi connectivity index (χ3n) is 3.29. The molecule has 1 heteroatoms. The maximum absolute atomic E-state index is 9.91. The number of hydrogen-bond donors (Lipinski definition) is 1. The molecule has 1 nitrogen and oxygen atoms in total. The molecular weight excluding hydrogens is 172 g/mol. The third-order valence-corrected chi connectivity index (χ3v) is 3.29. The van der Waals surface area contributed by atoms with E-state index in [1.165, 1.54) is 36.8 Å². The van der Waals surface area contributed by atoms with E-state index in [0.717, 1.165) is 5.56 Å². The standard InChI is InChI=1S/C13H18O/c1-3-4-5-10-8-11-7-6-9(2)13(14)12(10)11/h6-7,10,14H,3-5,8H2,1-2H3. The molecule has 76 valence electrons. The summed E-state index contributed by atoms with van der Waals surface area (Å²) in [6, 6.07) is 4.18. The molecule has 1 aromatic carbocycles. The van der Waals surface area contributed by atoms with Crippen LogP contribution in [0.5, 0.6) is 5.75 Å². The van der Waals surface area contributed by atoms with Crippen molar-refractivity contribution in [2.24, 2.45) is 0 Å². The van der Waals surface area contributed by atoms with Crippen LogP contribution in [0.25, 0.3) is 0 Å². The zero-order valence-electron chi connectivity index (χ0n) is 9.01. The van der Waals surface area contributed by atoms with Gasteiger partial charge in [-0.25, -0.2) is 0 Å². The summed E-state index contributed by atoms with van der Waals surface area (Å²) in [6.45, 7) is 4.19. The van der Waals surface area contributed by atoms with E-state index in [9.17, 15) is 5.11 Å². The molecule has 1 atom stereocenters. The predicted octanol–water partition coefficient (Wildman–Crippen LogP) is 3.53. The minimum Gasteiger partial charge on any atom is -0.507 e. The van der Waals surface area contributed by atoms with Gasteiger partial charge < -0.3 is 5.11 Å². The molecule has 1 aromatic rings. The Hall–Kier alpha value is -0.980. The highest BCUT2D eigenvalue weighted by Gasteiger charge is 2.29. The fraction of sp³-hybridized carbons (Fsp3) is 0.538. The lowest BCUT2D eigenvalue weighted by Crippen LogP contribution is -2.17. The lowest BCUT2D eigenvalue weighted by Gasteiger charge is -2.31. The molecule has 0 saturated carbocycles. The Morgan fingerprint density at radius 3 is 2.93 bits per heavy atom. The minimum atomic E-state index is 0.551. The molecule has 0 aromatic heterocycles. The number of rotatable bonds is 3. The van der Waals surface area contributed by atoms with Gasteiger partial charge in [0, 0.05) is 5.56 Å². The van der Waals surface area contributed by atoms with Gasteiger partial charge >= 0.3 is 0 Å². The van der Waals surface area contributed by atoms with E-state index in [4.69, 9.17) is 0 Å². The number of aryl methyl sites for hydroxylation is 1. The zero-order valence-corrected chi connectivity index (χ0v) is 9.01. The highest BCUT2D eigenvalue weighted by atomic mass is 16.3. The van der Waals surface area contributed by atoms with Crippen LogP contribution in [0.2, 0.25) is 0 Å². The number of benzene rings is 1. The van der Waals surface area contributed by atoms with Gasteiger partial charge in [0.25, 0.3) is 0 Å². The van der Waals surface area contributed by atoms with Gasteiger partial charge in [0.15, 0.2) is 0 Å². The number of fused-ring (bicyclic) bond motifs is 1. The van der Waals surface area contributed by atoms with Crippen LogP contribution in [-0.2, 0) is 6.42 Å². The Morgan fingerprint density at radius 2 is 2.21 bits per heavy atom. The minimum absolute atomic E-state index is 0.551. The van der Waals surface area contributed by atoms with Gasteiger partial charge in [-0.2, -0.15) is 0 Å². The Morgan fingerprint density at radius 1 is 1.43 bits per heavy atom. The fourth-order valence-electron chi connectivity index (χ4n) is 2.33. The van der Waals surface area contributed by atoms with Crippen molar-refractivity contribution in [3.05, 3.63) is 28.8 Å². The van der Waals surface area contributed by atoms with Crippen LogP contribution in [-0.4, -0.2) is 5.11 Å². The molecule has 0 bridgehead atoms. The summed E-state index contributed by atoms with van der Waals surface area (Å²) < 4.78 is 0. The van der Waals surface area contributed by atoms with Crippen molar-refractivity contribution in [3.63, 3.8) is 0 Å². The number of aromatic hydroxyl groups is 1. The van der Waals surface area contributed by atoms with E-state index >= 15 is 0 Å². The van der Waals surface area contributed by atoms with Crippen LogP contribution in [0.15, 0.2) is 12.1 Å². The lowest BCUT2D eigenvalue weighted by molar-refractivity contribution is 0.431. The highest BCUT2D eigenvalue weighted by Crippen LogP contribution is 2.45. The van der Waals surface area contributed by atoms with Gasteiger partial charge in [-0.15, -0.1) is 0 Å². The summed E-state index contributed by atoms with van der Waals surface area (Å²) in [5.41, 5.74) is 3.61. The topological polar surface area (TPSA) is 20.2 Å². The molecule has 14 heavy (non-hydrogen) atoms. The maximum Gasteiger partial charge on any atom is 0.122 e. The summed E-state index contributed by atoms with van der Waals surface area (Å²) in [6.07, 6.45) is 4.93. The first kappa shape index (κ1) is 9.57. The summed E-state index contributed by atoms with van der Waals surface area (Å²) in [5.74, 6) is 1.18. The first-order valence-electron chi connectivity index (χ1n) is 5.55. The quantitative estimate of drug-likeness (QED) is 0.773. The van der Waals surface area contributed by atoms with E-state index in [1.54, 1.807) is 0 Å². The Kier molecular flexibility index (Phi) is 2.49. The second kappa shape index (κ2) is 3.64. The average Bonchev–Trinajstić information content (AvgIpc) is 2.13. The summed E-state index contributed by atoms with van der Waals surface area (Å²) in [5, 5.41) is 9.91. The molecule has 1 N–H and O–H groups in total. The molecule has 0 heterocycles. The van der Waals surface area contributed by atoms with Gasteiger partial charge in [-0.1, -0.05) is 31.9 Å². The second-order valence-corrected chi connectivity index (χ2v) is 4.35. The number of unbranched alkanes of at least 4 members (excludes halogenated alkanes) is 1. The Labute approximate surface area is 85.8 Å². The van der Waals surface area contributed by atoms with E-state index in [1.807, 2.05) is 13.0 Å². The van der Waals surface area contributed by atoms with Crippen LogP contribution >= 0.6 is 0 Å². The molecule has 0 spiro atoms. The van der Waals surface area contributed by atoms with Crippen molar-refractivity contribution < 1.29 is 5.11 Å². The highest BCUT2D eigenvalue weighted by molar-refractivity contribution is 5.52. The molecule has 2 rings (SSSR count). The molecular formula is C13H18O. The molecule has 0 aliphatic heterocycles. The largest absolute Gasteiger partial charge is 0.507 e. The summed E-state index contributed by atoms with van der Waals surface area (Å²) in [4.78, 5) is 0. The monoisotopic (exact) mass is 190 g/mol. The molecule has 1 aliphatic rings. The molecule has 0 fully saturated rings. The number of hydrogen-bond acceptors (Lipinski definition) is 1. The van der Waals surface area contributed by atoms with Crippen LogP contribution in [0, 0.1) is 6.92 Å². The molecule has 1 aliphatic carbocycles. The number of phenolic OH excluding ortho intramolecular Hbond substituents is 1. The summed E-state index contributed by atoms with van der Waals surface area (Å²) in [7, 11) is 0. The van der Waals surface area contributed by atoms with E-state index in [0.29, 0.717) is 11.7 Å². The van der Waals surface area contributed by atoms with E-state index < -0.39 is 0 Å².